The Morgan fingerprint density at radius 1 is 0.737 bits per heavy atom. The first kappa shape index (κ1) is 38.4. The van der Waals surface area contributed by atoms with Gasteiger partial charge in [0.2, 0.25) is 0 Å². The maximum atomic E-state index is 14.6. The van der Waals surface area contributed by atoms with Crippen molar-refractivity contribution in [1.82, 2.24) is 0 Å². The van der Waals surface area contributed by atoms with Crippen molar-refractivity contribution in [3.05, 3.63) is 158 Å². The molecular weight excluding hydrogens is 713 g/mol. The fourth-order valence-electron chi connectivity index (χ4n) is 9.34. The van der Waals surface area contributed by atoms with Crippen molar-refractivity contribution in [2.24, 2.45) is 11.8 Å². The second-order valence-electron chi connectivity index (χ2n) is 16.7. The van der Waals surface area contributed by atoms with Crippen LogP contribution in [-0.4, -0.2) is 23.6 Å². The van der Waals surface area contributed by atoms with Gasteiger partial charge in [-0.3, -0.25) is 4.79 Å². The molecule has 5 aromatic rings. The third-order valence-electron chi connectivity index (χ3n) is 12.5. The Hall–Kier alpha value is -5.43. The van der Waals surface area contributed by atoms with Crippen LogP contribution in [0.4, 0.5) is 0 Å². The fourth-order valence-corrected chi connectivity index (χ4v) is 9.34. The van der Waals surface area contributed by atoms with E-state index in [4.69, 9.17) is 18.6 Å². The van der Waals surface area contributed by atoms with Crippen LogP contribution < -0.4 is 10.4 Å². The quantitative estimate of drug-likeness (QED) is 0.0966. The summed E-state index contributed by atoms with van der Waals surface area (Å²) in [6, 6.07) is 34.5. The normalized spacial score (nSPS) is 23.0. The topological polar surface area (TPSA) is 92.0 Å². The van der Waals surface area contributed by atoms with E-state index in [9.17, 15) is 14.4 Å². The molecule has 4 aromatic carbocycles. The van der Waals surface area contributed by atoms with Gasteiger partial charge in [-0.05, 0) is 124 Å². The molecule has 1 fully saturated rings. The highest BCUT2D eigenvalue weighted by atomic mass is 16.6. The lowest BCUT2D eigenvalue weighted by Crippen LogP contribution is -2.58. The van der Waals surface area contributed by atoms with Crippen LogP contribution in [0.1, 0.15) is 105 Å². The lowest BCUT2D eigenvalue weighted by atomic mass is 9.76. The molecule has 2 bridgehead atoms. The van der Waals surface area contributed by atoms with Gasteiger partial charge in [-0.1, -0.05) is 97.3 Å². The van der Waals surface area contributed by atoms with Gasteiger partial charge in [0.15, 0.2) is 12.2 Å². The summed E-state index contributed by atoms with van der Waals surface area (Å²) in [5.74, 6) is -0.354. The first-order valence-electron chi connectivity index (χ1n) is 20.6. The van der Waals surface area contributed by atoms with Gasteiger partial charge >= 0.3 is 17.6 Å². The summed E-state index contributed by atoms with van der Waals surface area (Å²) in [5.41, 5.74) is 6.66. The number of allylic oxidation sites excluding steroid dienone is 1. The maximum absolute atomic E-state index is 14.6. The van der Waals surface area contributed by atoms with Gasteiger partial charge in [0.1, 0.15) is 16.9 Å². The van der Waals surface area contributed by atoms with Gasteiger partial charge in [-0.2, -0.15) is 0 Å². The molecule has 0 N–H and O–H groups in total. The molecule has 294 valence electrons. The Morgan fingerprint density at radius 3 is 2.23 bits per heavy atom. The number of carbonyl (C=O) groups excluding carboxylic acids is 2. The molecule has 57 heavy (non-hydrogen) atoms. The van der Waals surface area contributed by atoms with Crippen LogP contribution in [0.5, 0.6) is 5.75 Å². The summed E-state index contributed by atoms with van der Waals surface area (Å²) >= 11 is 0. The molecule has 0 radical (unpaired) electrons. The highest BCUT2D eigenvalue weighted by Crippen LogP contribution is 2.52. The van der Waals surface area contributed by atoms with Crippen molar-refractivity contribution in [2.45, 2.75) is 109 Å². The molecule has 4 atom stereocenters. The number of hydrogen-bond acceptors (Lipinski definition) is 7. The van der Waals surface area contributed by atoms with Gasteiger partial charge in [0, 0.05) is 29.4 Å². The molecule has 9 rings (SSSR count). The third kappa shape index (κ3) is 8.49. The van der Waals surface area contributed by atoms with Crippen molar-refractivity contribution in [2.75, 3.05) is 0 Å². The van der Waals surface area contributed by atoms with E-state index < -0.39 is 35.4 Å². The number of benzene rings is 4. The lowest BCUT2D eigenvalue weighted by molar-refractivity contribution is -0.199. The molecular formula is C50H52O7. The minimum absolute atomic E-state index is 0.0294. The Bertz CT molecular complexity index is 2330. The highest BCUT2D eigenvalue weighted by molar-refractivity contribution is 5.90. The number of rotatable bonds is 6. The summed E-state index contributed by atoms with van der Waals surface area (Å²) in [6.07, 6.45) is 6.27. The van der Waals surface area contributed by atoms with Crippen molar-refractivity contribution in [3.8, 4) is 5.75 Å². The molecule has 3 aliphatic heterocycles. The predicted octanol–water partition coefficient (Wildman–Crippen LogP) is 10.4. The van der Waals surface area contributed by atoms with E-state index in [1.807, 2.05) is 39.0 Å². The van der Waals surface area contributed by atoms with Crippen molar-refractivity contribution < 1.29 is 28.2 Å². The van der Waals surface area contributed by atoms with E-state index in [1.54, 1.807) is 6.07 Å². The van der Waals surface area contributed by atoms with E-state index in [0.29, 0.717) is 41.5 Å². The predicted molar refractivity (Wildman–Crippen MR) is 221 cm³/mol. The van der Waals surface area contributed by atoms with Crippen LogP contribution in [0.15, 0.2) is 123 Å². The van der Waals surface area contributed by atoms with Crippen molar-refractivity contribution in [1.29, 1.82) is 0 Å². The number of esters is 2. The fraction of sp³-hybridized carbons (Fsp3) is 0.380. The van der Waals surface area contributed by atoms with Gasteiger partial charge in [-0.15, -0.1) is 0 Å². The second-order valence-corrected chi connectivity index (χ2v) is 16.7. The minimum atomic E-state index is -1.06. The van der Waals surface area contributed by atoms with Crippen LogP contribution in [0, 0.1) is 11.8 Å². The molecule has 4 aliphatic rings. The summed E-state index contributed by atoms with van der Waals surface area (Å²) in [5, 5.41) is 0.662. The zero-order valence-corrected chi connectivity index (χ0v) is 33.3. The molecule has 4 heterocycles. The molecule has 1 aromatic heterocycles. The minimum Gasteiger partial charge on any atom is -0.483 e. The average Bonchev–Trinajstić information content (AvgIpc) is 3.75. The molecule has 0 unspecified atom stereocenters. The SMILES string of the molecule is CC(C)=C1CCc2ccc(cc2)C[C@@H](CCc2cccc(Cc3ccccc3)c2)CC(=O)O[C@@H]2c3c(ccc4ccc(=O)oc34)O[C@@](C)(C3CCCC3)[C@H]2OC1=O. The summed E-state index contributed by atoms with van der Waals surface area (Å²) in [6.45, 7) is 5.85. The number of ether oxygens (including phenoxy) is 3. The lowest BCUT2D eigenvalue weighted by Gasteiger charge is -2.48. The van der Waals surface area contributed by atoms with Crippen LogP contribution >= 0.6 is 0 Å². The number of fused-ring (bicyclic) bond motifs is 13. The summed E-state index contributed by atoms with van der Waals surface area (Å²) in [4.78, 5) is 41.7. The number of carbonyl (C=O) groups is 2. The zero-order chi connectivity index (χ0) is 39.5. The molecule has 0 spiro atoms. The molecule has 7 heteroatoms. The molecule has 1 saturated carbocycles. The molecule has 7 nitrogen and oxygen atoms in total. The Labute approximate surface area is 335 Å². The Balaban J connectivity index is 1.17. The van der Waals surface area contributed by atoms with Gasteiger partial charge in [0.05, 0.1) is 5.56 Å². The molecule has 0 amide bonds. The molecule has 0 saturated heterocycles. The number of aryl methyl sites for hydroxylation is 2. The average molecular weight is 765 g/mol. The Kier molecular flexibility index (Phi) is 11.2. The first-order chi connectivity index (χ1) is 27.6. The van der Waals surface area contributed by atoms with Crippen molar-refractivity contribution >= 4 is 22.9 Å². The largest absolute Gasteiger partial charge is 0.483 e. The smallest absolute Gasteiger partial charge is 0.336 e. The highest BCUT2D eigenvalue weighted by Gasteiger charge is 2.56. The zero-order valence-electron chi connectivity index (χ0n) is 33.3. The summed E-state index contributed by atoms with van der Waals surface area (Å²) in [7, 11) is 0. The molecule has 1 aliphatic carbocycles. The van der Waals surface area contributed by atoms with Crippen LogP contribution in [0.25, 0.3) is 11.0 Å². The van der Waals surface area contributed by atoms with E-state index in [1.165, 1.54) is 22.8 Å². The summed E-state index contributed by atoms with van der Waals surface area (Å²) < 4.78 is 26.1. The van der Waals surface area contributed by atoms with E-state index in [-0.39, 0.29) is 23.8 Å². The van der Waals surface area contributed by atoms with Crippen molar-refractivity contribution in [3.63, 3.8) is 0 Å². The third-order valence-corrected chi connectivity index (χ3v) is 12.5. The maximum Gasteiger partial charge on any atom is 0.336 e. The Morgan fingerprint density at radius 2 is 1.46 bits per heavy atom. The van der Waals surface area contributed by atoms with Gasteiger partial charge in [0.25, 0.3) is 0 Å². The van der Waals surface area contributed by atoms with E-state index in [2.05, 4.69) is 72.8 Å². The first-order valence-corrected chi connectivity index (χ1v) is 20.6. The second kappa shape index (κ2) is 16.6. The van der Waals surface area contributed by atoms with Crippen LogP contribution in [0.2, 0.25) is 0 Å². The monoisotopic (exact) mass is 764 g/mol. The van der Waals surface area contributed by atoms with Gasteiger partial charge < -0.3 is 18.6 Å². The standard InChI is InChI=1S/C50H52O7/c1-32(2)41-25-22-33-16-18-36(19-17-33)30-38(21-20-35-12-9-13-37(29-35)28-34-10-5-4-6-11-34)31-44(52)55-47-45-42(26-23-39-24-27-43(51)54-46(39)45)57-50(3,40-14-7-8-15-40)48(47)56-49(41)53/h4-6,9-13,16-19,23-24,26-27,29,38,40,47-48H,7-8,14-15,20-22,25,28,30-31H2,1-3H3/t38-,47-,48+,50+/m1/s1. The van der Waals surface area contributed by atoms with E-state index in [0.717, 1.165) is 61.6 Å². The van der Waals surface area contributed by atoms with Crippen LogP contribution in [0.3, 0.4) is 0 Å². The number of hydrogen-bond donors (Lipinski definition) is 0. The van der Waals surface area contributed by atoms with Crippen LogP contribution in [-0.2, 0) is 44.7 Å². The van der Waals surface area contributed by atoms with E-state index >= 15 is 0 Å². The van der Waals surface area contributed by atoms with Gasteiger partial charge in [-0.25, -0.2) is 9.59 Å².